The van der Waals surface area contributed by atoms with E-state index in [2.05, 4.69) is 12.1 Å². The van der Waals surface area contributed by atoms with Gasteiger partial charge < -0.3 is 19.3 Å². The second kappa shape index (κ2) is 11.8. The topological polar surface area (TPSA) is 59.1 Å². The van der Waals surface area contributed by atoms with E-state index in [1.807, 2.05) is 58.3 Å². The van der Waals surface area contributed by atoms with E-state index in [4.69, 9.17) is 9.47 Å². The molecular formula is C27H34N2O4. The molecule has 1 atom stereocenters. The van der Waals surface area contributed by atoms with Crippen molar-refractivity contribution in [2.75, 3.05) is 32.8 Å². The zero-order chi connectivity index (χ0) is 22.9. The fourth-order valence-electron chi connectivity index (χ4n) is 4.63. The van der Waals surface area contributed by atoms with Crippen molar-refractivity contribution in [3.63, 3.8) is 0 Å². The Morgan fingerprint density at radius 2 is 1.55 bits per heavy atom. The lowest BCUT2D eigenvalue weighted by atomic mass is 9.95. The first-order valence-corrected chi connectivity index (χ1v) is 12.1. The highest BCUT2D eigenvalue weighted by molar-refractivity contribution is 5.81. The molecule has 2 heterocycles. The molecule has 2 saturated heterocycles. The molecule has 0 spiro atoms. The van der Waals surface area contributed by atoms with Crippen LogP contribution in [0.15, 0.2) is 60.7 Å². The van der Waals surface area contributed by atoms with Gasteiger partial charge in [0.2, 0.25) is 11.8 Å². The fraction of sp³-hybridized carbons (Fsp3) is 0.481. The smallest absolute Gasteiger partial charge is 0.227 e. The summed E-state index contributed by atoms with van der Waals surface area (Å²) in [6, 6.07) is 19.7. The molecular weight excluding hydrogens is 416 g/mol. The number of rotatable bonds is 8. The lowest BCUT2D eigenvalue weighted by Gasteiger charge is -2.37. The molecule has 0 aromatic heterocycles. The van der Waals surface area contributed by atoms with E-state index in [-0.39, 0.29) is 23.8 Å². The van der Waals surface area contributed by atoms with E-state index >= 15 is 0 Å². The van der Waals surface area contributed by atoms with Crippen LogP contribution in [0.4, 0.5) is 0 Å². The molecule has 2 amide bonds. The van der Waals surface area contributed by atoms with Gasteiger partial charge in [0.1, 0.15) is 5.75 Å². The molecule has 0 radical (unpaired) electrons. The van der Waals surface area contributed by atoms with Crippen LogP contribution in [0.3, 0.4) is 0 Å². The van der Waals surface area contributed by atoms with Crippen molar-refractivity contribution in [1.82, 2.24) is 9.80 Å². The Kier molecular flexibility index (Phi) is 8.36. The van der Waals surface area contributed by atoms with Gasteiger partial charge in [-0.2, -0.15) is 0 Å². The number of nitrogens with zero attached hydrogens (tertiary/aromatic N) is 2. The number of amides is 2. The van der Waals surface area contributed by atoms with Crippen LogP contribution in [-0.4, -0.2) is 60.5 Å². The Labute approximate surface area is 196 Å². The van der Waals surface area contributed by atoms with Gasteiger partial charge in [-0.05, 0) is 43.4 Å². The monoisotopic (exact) mass is 450 g/mol. The molecule has 176 valence electrons. The molecule has 0 N–H and O–H groups in total. The van der Waals surface area contributed by atoms with E-state index in [9.17, 15) is 9.59 Å². The summed E-state index contributed by atoms with van der Waals surface area (Å²) < 4.78 is 11.7. The molecule has 33 heavy (non-hydrogen) atoms. The summed E-state index contributed by atoms with van der Waals surface area (Å²) in [5.74, 6) is 0.929. The van der Waals surface area contributed by atoms with Gasteiger partial charge in [0.25, 0.3) is 0 Å². The van der Waals surface area contributed by atoms with Crippen molar-refractivity contribution >= 4 is 11.8 Å². The standard InChI is InChI=1S/C27H34N2O4/c30-26(15-19-32-24-11-5-2-6-12-24)29-16-7-10-23(20-29)27(31)28-17-13-25(14-18-28)33-21-22-8-3-1-4-9-22/h1-6,8-9,11-12,23,25H,7,10,13-21H2. The Morgan fingerprint density at radius 3 is 2.27 bits per heavy atom. The maximum Gasteiger partial charge on any atom is 0.227 e. The number of para-hydroxylation sites is 1. The van der Waals surface area contributed by atoms with Crippen molar-refractivity contribution in [3.8, 4) is 5.75 Å². The molecule has 1 unspecified atom stereocenters. The maximum absolute atomic E-state index is 13.1. The molecule has 0 bridgehead atoms. The Hall–Kier alpha value is -2.86. The van der Waals surface area contributed by atoms with Crippen LogP contribution in [0.5, 0.6) is 5.75 Å². The maximum atomic E-state index is 13.1. The zero-order valence-electron chi connectivity index (χ0n) is 19.2. The van der Waals surface area contributed by atoms with Crippen LogP contribution in [0.1, 0.15) is 37.7 Å². The van der Waals surface area contributed by atoms with E-state index < -0.39 is 0 Å². The Morgan fingerprint density at radius 1 is 0.848 bits per heavy atom. The van der Waals surface area contributed by atoms with Crippen molar-refractivity contribution in [3.05, 3.63) is 66.2 Å². The molecule has 2 aliphatic rings. The molecule has 6 nitrogen and oxygen atoms in total. The fourth-order valence-corrected chi connectivity index (χ4v) is 4.63. The van der Waals surface area contributed by atoms with E-state index in [0.29, 0.717) is 26.2 Å². The molecule has 0 saturated carbocycles. The van der Waals surface area contributed by atoms with Crippen LogP contribution < -0.4 is 4.74 Å². The molecule has 2 aliphatic heterocycles. The van der Waals surface area contributed by atoms with Gasteiger partial charge in [-0.25, -0.2) is 0 Å². The minimum Gasteiger partial charge on any atom is -0.493 e. The van der Waals surface area contributed by atoms with Crippen molar-refractivity contribution in [2.45, 2.75) is 44.8 Å². The molecule has 0 aliphatic carbocycles. The first-order valence-electron chi connectivity index (χ1n) is 12.1. The van der Waals surface area contributed by atoms with Crippen LogP contribution in [0, 0.1) is 5.92 Å². The van der Waals surface area contributed by atoms with Gasteiger partial charge in [0, 0.05) is 26.2 Å². The van der Waals surface area contributed by atoms with Crippen molar-refractivity contribution in [1.29, 1.82) is 0 Å². The summed E-state index contributed by atoms with van der Waals surface area (Å²) >= 11 is 0. The SMILES string of the molecule is O=C(CCOc1ccccc1)N1CCCC(C(=O)N2CCC(OCc3ccccc3)CC2)C1. The minimum atomic E-state index is -0.0977. The molecule has 4 rings (SSSR count). The van der Waals surface area contributed by atoms with E-state index in [1.54, 1.807) is 0 Å². The van der Waals surface area contributed by atoms with Gasteiger partial charge >= 0.3 is 0 Å². The second-order valence-electron chi connectivity index (χ2n) is 8.91. The third kappa shape index (κ3) is 6.81. The molecule has 6 heteroatoms. The highest BCUT2D eigenvalue weighted by Gasteiger charge is 2.33. The van der Waals surface area contributed by atoms with Crippen LogP contribution in [-0.2, 0) is 20.9 Å². The van der Waals surface area contributed by atoms with Crippen molar-refractivity contribution in [2.24, 2.45) is 5.92 Å². The summed E-state index contributed by atoms with van der Waals surface area (Å²) in [7, 11) is 0. The van der Waals surface area contributed by atoms with Gasteiger partial charge in [-0.1, -0.05) is 48.5 Å². The average molecular weight is 451 g/mol. The Bertz CT molecular complexity index is 882. The van der Waals surface area contributed by atoms with E-state index in [0.717, 1.165) is 51.1 Å². The Balaban J connectivity index is 1.18. The highest BCUT2D eigenvalue weighted by Crippen LogP contribution is 2.23. The summed E-state index contributed by atoms with van der Waals surface area (Å²) in [5, 5.41) is 0. The van der Waals surface area contributed by atoms with E-state index in [1.165, 1.54) is 5.56 Å². The van der Waals surface area contributed by atoms with Crippen molar-refractivity contribution < 1.29 is 19.1 Å². The van der Waals surface area contributed by atoms with Gasteiger partial charge in [0.15, 0.2) is 0 Å². The third-order valence-corrected chi connectivity index (χ3v) is 6.53. The largest absolute Gasteiger partial charge is 0.493 e. The lowest BCUT2D eigenvalue weighted by Crippen LogP contribution is -2.49. The second-order valence-corrected chi connectivity index (χ2v) is 8.91. The normalized spacial score (nSPS) is 19.3. The number of ether oxygens (including phenoxy) is 2. The van der Waals surface area contributed by atoms with Gasteiger partial charge in [-0.15, -0.1) is 0 Å². The number of piperidine rings is 2. The number of carbonyl (C=O) groups excluding carboxylic acids is 2. The average Bonchev–Trinajstić information content (AvgIpc) is 2.88. The number of likely N-dealkylation sites (tertiary alicyclic amines) is 2. The predicted molar refractivity (Wildman–Crippen MR) is 127 cm³/mol. The molecule has 2 fully saturated rings. The minimum absolute atomic E-state index is 0.0662. The summed E-state index contributed by atoms with van der Waals surface area (Å²) in [5.41, 5.74) is 1.18. The third-order valence-electron chi connectivity index (χ3n) is 6.53. The number of hydrogen-bond donors (Lipinski definition) is 0. The van der Waals surface area contributed by atoms with Gasteiger partial charge in [0.05, 0.1) is 31.7 Å². The van der Waals surface area contributed by atoms with Crippen LogP contribution in [0.2, 0.25) is 0 Å². The zero-order valence-corrected chi connectivity index (χ0v) is 19.2. The first-order chi connectivity index (χ1) is 16.2. The van der Waals surface area contributed by atoms with Gasteiger partial charge in [-0.3, -0.25) is 9.59 Å². The number of benzene rings is 2. The number of hydrogen-bond acceptors (Lipinski definition) is 4. The summed E-state index contributed by atoms with van der Waals surface area (Å²) in [6.07, 6.45) is 3.99. The summed E-state index contributed by atoms with van der Waals surface area (Å²) in [6.45, 7) is 3.68. The molecule has 2 aromatic rings. The predicted octanol–water partition coefficient (Wildman–Crippen LogP) is 3.90. The van der Waals surface area contributed by atoms with Crippen LogP contribution in [0.25, 0.3) is 0 Å². The van der Waals surface area contributed by atoms with Crippen LogP contribution >= 0.6 is 0 Å². The highest BCUT2D eigenvalue weighted by atomic mass is 16.5. The quantitative estimate of drug-likeness (QED) is 0.612. The lowest BCUT2D eigenvalue weighted by molar-refractivity contribution is -0.143. The first kappa shape index (κ1) is 23.3. The number of carbonyl (C=O) groups is 2. The molecule has 2 aromatic carbocycles. The summed E-state index contributed by atoms with van der Waals surface area (Å²) in [4.78, 5) is 29.6.